The van der Waals surface area contributed by atoms with E-state index in [-0.39, 0.29) is 0 Å². The lowest BCUT2D eigenvalue weighted by Gasteiger charge is -2.12. The molecular weight excluding hydrogens is 258 g/mol. The van der Waals surface area contributed by atoms with Crippen molar-refractivity contribution in [1.82, 2.24) is 15.5 Å². The first-order valence-electron chi connectivity index (χ1n) is 7.48. The minimum absolute atomic E-state index is 0.445. The largest absolute Gasteiger partial charge is 0.339 e. The molecule has 108 valence electrons. The number of rotatable bonds is 8. The second-order valence-electron chi connectivity index (χ2n) is 5.19. The normalized spacial score (nSPS) is 18.0. The zero-order chi connectivity index (χ0) is 13.5. The topological polar surface area (TPSA) is 51.0 Å². The highest BCUT2D eigenvalue weighted by molar-refractivity contribution is 7.99. The van der Waals surface area contributed by atoms with Gasteiger partial charge < -0.3 is 9.84 Å². The lowest BCUT2D eigenvalue weighted by Crippen LogP contribution is -2.30. The molecule has 0 saturated heterocycles. The number of thioether (sulfide) groups is 1. The van der Waals surface area contributed by atoms with Crippen LogP contribution in [0.15, 0.2) is 4.52 Å². The summed E-state index contributed by atoms with van der Waals surface area (Å²) in [6.07, 6.45) is 7.40. The van der Waals surface area contributed by atoms with Crippen LogP contribution < -0.4 is 5.32 Å². The molecule has 1 N–H and O–H groups in total. The van der Waals surface area contributed by atoms with Crippen molar-refractivity contribution >= 4 is 11.8 Å². The molecular formula is C14H25N3OS. The minimum Gasteiger partial charge on any atom is -0.339 e. The van der Waals surface area contributed by atoms with Crippen LogP contribution in [-0.2, 0) is 12.2 Å². The molecule has 0 radical (unpaired) electrons. The molecule has 1 aliphatic rings. The zero-order valence-electron chi connectivity index (χ0n) is 12.0. The van der Waals surface area contributed by atoms with Gasteiger partial charge in [-0.1, -0.05) is 31.8 Å². The fraction of sp³-hybridized carbons (Fsp3) is 0.857. The summed E-state index contributed by atoms with van der Waals surface area (Å²) in [6.45, 7) is 5.29. The van der Waals surface area contributed by atoms with Crippen LogP contribution in [0.4, 0.5) is 0 Å². The van der Waals surface area contributed by atoms with Gasteiger partial charge in [0, 0.05) is 17.7 Å². The molecule has 0 spiro atoms. The first kappa shape index (κ1) is 14.9. The second-order valence-corrected chi connectivity index (χ2v) is 6.48. The van der Waals surface area contributed by atoms with Gasteiger partial charge in [-0.2, -0.15) is 16.7 Å². The molecule has 1 fully saturated rings. The molecule has 1 heterocycles. The van der Waals surface area contributed by atoms with E-state index in [9.17, 15) is 0 Å². The number of aromatic nitrogens is 2. The monoisotopic (exact) mass is 283 g/mol. The molecule has 5 heteroatoms. The van der Waals surface area contributed by atoms with Gasteiger partial charge in [0.2, 0.25) is 5.89 Å². The molecule has 19 heavy (non-hydrogen) atoms. The fourth-order valence-electron chi connectivity index (χ4n) is 2.54. The Bertz CT molecular complexity index is 363. The van der Waals surface area contributed by atoms with E-state index in [0.717, 1.165) is 42.1 Å². The van der Waals surface area contributed by atoms with Crippen LogP contribution in [0.1, 0.15) is 57.7 Å². The Balaban J connectivity index is 1.77. The van der Waals surface area contributed by atoms with Crippen molar-refractivity contribution in [2.24, 2.45) is 0 Å². The van der Waals surface area contributed by atoms with Gasteiger partial charge in [0.05, 0.1) is 5.75 Å². The Morgan fingerprint density at radius 3 is 2.84 bits per heavy atom. The second kappa shape index (κ2) is 7.90. The lowest BCUT2D eigenvalue weighted by molar-refractivity contribution is 0.352. The summed E-state index contributed by atoms with van der Waals surface area (Å²) in [4.78, 5) is 4.50. The number of hydrogen-bond donors (Lipinski definition) is 1. The van der Waals surface area contributed by atoms with E-state index in [4.69, 9.17) is 4.52 Å². The molecule has 1 aliphatic carbocycles. The van der Waals surface area contributed by atoms with Crippen molar-refractivity contribution in [2.45, 2.75) is 69.4 Å². The third-order valence-corrected chi connectivity index (χ3v) is 5.03. The molecule has 0 bridgehead atoms. The summed E-state index contributed by atoms with van der Waals surface area (Å²) in [5.41, 5.74) is 0. The maximum Gasteiger partial charge on any atom is 0.228 e. The first-order chi connectivity index (χ1) is 9.31. The van der Waals surface area contributed by atoms with Crippen LogP contribution >= 0.6 is 11.8 Å². The summed E-state index contributed by atoms with van der Waals surface area (Å²) < 4.78 is 5.34. The summed E-state index contributed by atoms with van der Waals surface area (Å²) in [7, 11) is 0. The highest BCUT2D eigenvalue weighted by atomic mass is 32.2. The van der Waals surface area contributed by atoms with E-state index in [2.05, 4.69) is 29.3 Å². The van der Waals surface area contributed by atoms with Crippen LogP contribution in [0.5, 0.6) is 0 Å². The Morgan fingerprint density at radius 1 is 1.37 bits per heavy atom. The number of nitrogens with zero attached hydrogens (tertiary/aromatic N) is 2. The molecule has 0 amide bonds. The van der Waals surface area contributed by atoms with Gasteiger partial charge >= 0.3 is 0 Å². The Labute approximate surface area is 120 Å². The average molecular weight is 283 g/mol. The molecule has 1 unspecified atom stereocenters. The first-order valence-corrected chi connectivity index (χ1v) is 8.53. The summed E-state index contributed by atoms with van der Waals surface area (Å²) in [5, 5.41) is 8.34. The smallest absolute Gasteiger partial charge is 0.228 e. The van der Waals surface area contributed by atoms with Crippen LogP contribution in [-0.4, -0.2) is 28.0 Å². The number of likely N-dealkylation sites (N-methyl/N-ethyl adjacent to an activating group) is 1. The Morgan fingerprint density at radius 2 is 2.16 bits per heavy atom. The predicted octanol–water partition coefficient (Wildman–Crippen LogP) is 3.18. The standard InChI is InChI=1S/C14H25N3OS/c1-3-11(15-4-2)9-14-16-13(17-18-14)10-19-12-7-5-6-8-12/h11-12,15H,3-10H2,1-2H3. The van der Waals surface area contributed by atoms with Gasteiger partial charge in [-0.3, -0.25) is 0 Å². The highest BCUT2D eigenvalue weighted by Gasteiger charge is 2.17. The van der Waals surface area contributed by atoms with Crippen molar-refractivity contribution in [3.63, 3.8) is 0 Å². The molecule has 1 atom stereocenters. The van der Waals surface area contributed by atoms with Gasteiger partial charge in [-0.25, -0.2) is 0 Å². The van der Waals surface area contributed by atoms with Crippen molar-refractivity contribution < 1.29 is 4.52 Å². The van der Waals surface area contributed by atoms with Crippen molar-refractivity contribution in [3.05, 3.63) is 11.7 Å². The summed E-state index contributed by atoms with van der Waals surface area (Å²) in [5.74, 6) is 2.53. The van der Waals surface area contributed by atoms with E-state index >= 15 is 0 Å². The molecule has 2 rings (SSSR count). The third kappa shape index (κ3) is 4.80. The van der Waals surface area contributed by atoms with Crippen LogP contribution in [0.25, 0.3) is 0 Å². The van der Waals surface area contributed by atoms with E-state index < -0.39 is 0 Å². The molecule has 4 nitrogen and oxygen atoms in total. The predicted molar refractivity (Wildman–Crippen MR) is 79.3 cm³/mol. The molecule has 1 saturated carbocycles. The number of nitrogens with one attached hydrogen (secondary N) is 1. The summed E-state index contributed by atoms with van der Waals surface area (Å²) >= 11 is 1.98. The minimum atomic E-state index is 0.445. The highest BCUT2D eigenvalue weighted by Crippen LogP contribution is 2.30. The lowest BCUT2D eigenvalue weighted by atomic mass is 10.1. The van der Waals surface area contributed by atoms with Gasteiger partial charge in [0.25, 0.3) is 0 Å². The maximum atomic E-state index is 5.34. The third-order valence-electron chi connectivity index (χ3n) is 3.67. The fourth-order valence-corrected chi connectivity index (χ4v) is 3.71. The SMILES string of the molecule is CCNC(CC)Cc1nc(CSC2CCCC2)no1. The Hall–Kier alpha value is -0.550. The van der Waals surface area contributed by atoms with Crippen LogP contribution in [0.2, 0.25) is 0 Å². The maximum absolute atomic E-state index is 5.34. The van der Waals surface area contributed by atoms with Gasteiger partial charge in [0.15, 0.2) is 5.82 Å². The van der Waals surface area contributed by atoms with E-state index in [1.165, 1.54) is 25.7 Å². The quantitative estimate of drug-likeness (QED) is 0.794. The molecule has 1 aromatic heterocycles. The van der Waals surface area contributed by atoms with Crippen LogP contribution in [0, 0.1) is 0 Å². The number of hydrogen-bond acceptors (Lipinski definition) is 5. The molecule has 1 aromatic rings. The van der Waals surface area contributed by atoms with E-state index in [1.54, 1.807) is 0 Å². The molecule has 0 aliphatic heterocycles. The van der Waals surface area contributed by atoms with Crippen molar-refractivity contribution in [3.8, 4) is 0 Å². The van der Waals surface area contributed by atoms with E-state index in [0.29, 0.717) is 6.04 Å². The van der Waals surface area contributed by atoms with Crippen molar-refractivity contribution in [1.29, 1.82) is 0 Å². The van der Waals surface area contributed by atoms with Crippen molar-refractivity contribution in [2.75, 3.05) is 6.54 Å². The van der Waals surface area contributed by atoms with E-state index in [1.807, 2.05) is 11.8 Å². The van der Waals surface area contributed by atoms with Gasteiger partial charge in [-0.05, 0) is 25.8 Å². The van der Waals surface area contributed by atoms with Gasteiger partial charge in [0.1, 0.15) is 0 Å². The Kier molecular flexibility index (Phi) is 6.17. The summed E-state index contributed by atoms with van der Waals surface area (Å²) in [6, 6.07) is 0.445. The average Bonchev–Trinajstić information content (AvgIpc) is 3.07. The zero-order valence-corrected chi connectivity index (χ0v) is 12.8. The van der Waals surface area contributed by atoms with Crippen LogP contribution in [0.3, 0.4) is 0 Å². The molecule has 0 aromatic carbocycles. The van der Waals surface area contributed by atoms with Gasteiger partial charge in [-0.15, -0.1) is 0 Å².